The third-order valence-corrected chi connectivity index (χ3v) is 5.64. The molecule has 1 saturated heterocycles. The lowest BCUT2D eigenvalue weighted by Gasteiger charge is -2.12. The molecule has 0 saturated carbocycles. The molecule has 0 aromatic heterocycles. The number of nitrogens with zero attached hydrogens (tertiary/aromatic N) is 1. The molecule has 8 heteroatoms. The second kappa shape index (κ2) is 6.43. The second-order valence-corrected chi connectivity index (χ2v) is 7.84. The van der Waals surface area contributed by atoms with Crippen molar-refractivity contribution < 1.29 is 18.3 Å². The van der Waals surface area contributed by atoms with Gasteiger partial charge in [-0.15, -0.1) is 0 Å². The van der Waals surface area contributed by atoms with E-state index in [4.69, 9.17) is 5.11 Å². The molecule has 1 aromatic rings. The summed E-state index contributed by atoms with van der Waals surface area (Å²) < 4.78 is 27.4. The van der Waals surface area contributed by atoms with Gasteiger partial charge in [-0.3, -0.25) is 0 Å². The van der Waals surface area contributed by atoms with Crippen LogP contribution in [0.3, 0.4) is 0 Å². The van der Waals surface area contributed by atoms with Crippen LogP contribution in [0.2, 0.25) is 0 Å². The third-order valence-electron chi connectivity index (χ3n) is 3.53. The fraction of sp³-hybridized carbons (Fsp3) is 0.462. The van der Waals surface area contributed by atoms with Gasteiger partial charge in [0, 0.05) is 17.6 Å². The normalized spacial score (nSPS) is 19.8. The molecular weight excluding hydrogens is 360 g/mol. The van der Waals surface area contributed by atoms with E-state index in [1.54, 1.807) is 0 Å². The summed E-state index contributed by atoms with van der Waals surface area (Å²) in [5.41, 5.74) is -0.0709. The van der Waals surface area contributed by atoms with Gasteiger partial charge in [0.05, 0.1) is 10.5 Å². The van der Waals surface area contributed by atoms with E-state index in [0.717, 1.165) is 25.6 Å². The van der Waals surface area contributed by atoms with Crippen LogP contribution in [0.5, 0.6) is 0 Å². The van der Waals surface area contributed by atoms with Crippen LogP contribution in [0, 0.1) is 5.92 Å². The molecule has 0 aliphatic carbocycles. The Bertz CT molecular complexity index is 648. The molecule has 2 N–H and O–H groups in total. The van der Waals surface area contributed by atoms with Crippen LogP contribution in [-0.4, -0.2) is 51.1 Å². The summed E-state index contributed by atoms with van der Waals surface area (Å²) in [6, 6.07) is 3.98. The Kier molecular flexibility index (Phi) is 5.03. The van der Waals surface area contributed by atoms with Gasteiger partial charge >= 0.3 is 5.97 Å². The highest BCUT2D eigenvalue weighted by molar-refractivity contribution is 9.10. The number of hydrogen-bond donors (Lipinski definition) is 2. The molecule has 1 fully saturated rings. The van der Waals surface area contributed by atoms with Crippen molar-refractivity contribution in [3.63, 3.8) is 0 Å². The van der Waals surface area contributed by atoms with Crippen LogP contribution >= 0.6 is 15.9 Å². The first-order valence-corrected chi connectivity index (χ1v) is 8.78. The maximum absolute atomic E-state index is 12.2. The number of benzene rings is 1. The number of carboxylic acid groups (broad SMARTS) is 1. The van der Waals surface area contributed by atoms with Gasteiger partial charge in [-0.1, -0.05) is 0 Å². The number of carbonyl (C=O) groups is 1. The van der Waals surface area contributed by atoms with Crippen LogP contribution in [0.1, 0.15) is 16.8 Å². The molecule has 1 aliphatic heterocycles. The van der Waals surface area contributed by atoms with Gasteiger partial charge in [0.2, 0.25) is 10.0 Å². The molecular formula is C13H17BrN2O4S. The summed E-state index contributed by atoms with van der Waals surface area (Å²) >= 11 is 3.10. The summed E-state index contributed by atoms with van der Waals surface area (Å²) in [6.07, 6.45) is 0.958. The van der Waals surface area contributed by atoms with Crippen LogP contribution in [0.15, 0.2) is 27.6 Å². The van der Waals surface area contributed by atoms with Crippen molar-refractivity contribution >= 4 is 31.9 Å². The molecule has 1 unspecified atom stereocenters. The minimum atomic E-state index is -3.69. The Hall–Kier alpha value is -0.960. The topological polar surface area (TPSA) is 86.7 Å². The van der Waals surface area contributed by atoms with E-state index in [1.807, 2.05) is 7.05 Å². The molecule has 0 bridgehead atoms. The number of rotatable bonds is 5. The Morgan fingerprint density at radius 1 is 1.52 bits per heavy atom. The van der Waals surface area contributed by atoms with Crippen molar-refractivity contribution in [2.45, 2.75) is 11.3 Å². The average Bonchev–Trinajstić information content (AvgIpc) is 2.82. The lowest BCUT2D eigenvalue weighted by atomic mass is 10.1. The van der Waals surface area contributed by atoms with Crippen molar-refractivity contribution in [1.82, 2.24) is 9.62 Å². The van der Waals surface area contributed by atoms with Crippen LogP contribution in [0.4, 0.5) is 0 Å². The van der Waals surface area contributed by atoms with Crippen molar-refractivity contribution in [1.29, 1.82) is 0 Å². The Morgan fingerprint density at radius 2 is 2.24 bits per heavy atom. The smallest absolute Gasteiger partial charge is 0.336 e. The Balaban J connectivity index is 2.12. The fourth-order valence-corrected chi connectivity index (χ4v) is 3.90. The first-order valence-electron chi connectivity index (χ1n) is 6.50. The molecule has 0 radical (unpaired) electrons. The van der Waals surface area contributed by atoms with Crippen molar-refractivity contribution in [3.8, 4) is 0 Å². The zero-order valence-electron chi connectivity index (χ0n) is 11.5. The third kappa shape index (κ3) is 4.03. The number of carboxylic acids is 1. The number of hydrogen-bond acceptors (Lipinski definition) is 4. The number of aromatic carboxylic acids is 1. The molecule has 1 aliphatic rings. The van der Waals surface area contributed by atoms with Gasteiger partial charge in [0.15, 0.2) is 0 Å². The van der Waals surface area contributed by atoms with Crippen LogP contribution in [-0.2, 0) is 10.0 Å². The predicted molar refractivity (Wildman–Crippen MR) is 81.9 cm³/mol. The quantitative estimate of drug-likeness (QED) is 0.810. The monoisotopic (exact) mass is 376 g/mol. The molecule has 21 heavy (non-hydrogen) atoms. The van der Waals surface area contributed by atoms with E-state index in [-0.39, 0.29) is 10.5 Å². The number of nitrogens with one attached hydrogen (secondary N) is 1. The van der Waals surface area contributed by atoms with Crippen molar-refractivity contribution in [2.75, 3.05) is 26.7 Å². The SMILES string of the molecule is CN1CCC(CNS(=O)(=O)c2ccc(Br)c(C(=O)O)c2)C1. The highest BCUT2D eigenvalue weighted by atomic mass is 79.9. The minimum absolute atomic E-state index is 0.0329. The largest absolute Gasteiger partial charge is 0.478 e. The molecule has 1 aromatic carbocycles. The maximum Gasteiger partial charge on any atom is 0.336 e. The summed E-state index contributed by atoms with van der Waals surface area (Å²) in [6.45, 7) is 2.20. The lowest BCUT2D eigenvalue weighted by molar-refractivity contribution is 0.0695. The molecule has 2 rings (SSSR count). The first kappa shape index (κ1) is 16.4. The maximum atomic E-state index is 12.2. The van der Waals surface area contributed by atoms with Crippen molar-refractivity contribution in [2.24, 2.45) is 5.92 Å². The molecule has 116 valence electrons. The zero-order chi connectivity index (χ0) is 15.6. The summed E-state index contributed by atoms with van der Waals surface area (Å²) in [7, 11) is -1.69. The van der Waals surface area contributed by atoms with Crippen molar-refractivity contribution in [3.05, 3.63) is 28.2 Å². The summed E-state index contributed by atoms with van der Waals surface area (Å²) in [4.78, 5) is 13.2. The first-order chi connectivity index (χ1) is 9.79. The van der Waals surface area contributed by atoms with Gasteiger partial charge in [-0.2, -0.15) is 0 Å². The van der Waals surface area contributed by atoms with Gasteiger partial charge in [-0.25, -0.2) is 17.9 Å². The average molecular weight is 377 g/mol. The number of sulfonamides is 1. The molecule has 1 atom stereocenters. The molecule has 0 amide bonds. The van der Waals surface area contributed by atoms with E-state index in [1.165, 1.54) is 12.1 Å². The van der Waals surface area contributed by atoms with E-state index in [0.29, 0.717) is 16.9 Å². The highest BCUT2D eigenvalue weighted by Crippen LogP contribution is 2.21. The van der Waals surface area contributed by atoms with Crippen LogP contribution in [0.25, 0.3) is 0 Å². The Labute approximate surface area is 132 Å². The van der Waals surface area contributed by atoms with Gasteiger partial charge < -0.3 is 10.0 Å². The van der Waals surface area contributed by atoms with Gasteiger partial charge in [0.1, 0.15) is 0 Å². The van der Waals surface area contributed by atoms with Gasteiger partial charge in [-0.05, 0) is 60.1 Å². The minimum Gasteiger partial charge on any atom is -0.478 e. The van der Waals surface area contributed by atoms with E-state index < -0.39 is 16.0 Å². The molecule has 6 nitrogen and oxygen atoms in total. The zero-order valence-corrected chi connectivity index (χ0v) is 13.9. The Morgan fingerprint density at radius 3 is 2.81 bits per heavy atom. The van der Waals surface area contributed by atoms with E-state index in [2.05, 4.69) is 25.6 Å². The second-order valence-electron chi connectivity index (χ2n) is 5.22. The lowest BCUT2D eigenvalue weighted by Crippen LogP contribution is -2.30. The highest BCUT2D eigenvalue weighted by Gasteiger charge is 2.23. The van der Waals surface area contributed by atoms with Gasteiger partial charge in [0.25, 0.3) is 0 Å². The van der Waals surface area contributed by atoms with E-state index in [9.17, 15) is 13.2 Å². The summed E-state index contributed by atoms with van der Waals surface area (Å²) in [5.74, 6) is -0.879. The fourth-order valence-electron chi connectivity index (χ4n) is 2.34. The predicted octanol–water partition coefficient (Wildman–Crippen LogP) is 1.38. The van der Waals surface area contributed by atoms with Crippen LogP contribution < -0.4 is 4.72 Å². The standard InChI is InChI=1S/C13H17BrN2O4S/c1-16-5-4-9(8-16)7-15-21(19,20)10-2-3-12(14)11(6-10)13(17)18/h2-3,6,9,15H,4-5,7-8H2,1H3,(H,17,18). The van der Waals surface area contributed by atoms with E-state index >= 15 is 0 Å². The molecule has 0 spiro atoms. The number of halogens is 1. The molecule has 1 heterocycles. The number of likely N-dealkylation sites (tertiary alicyclic amines) is 1. The summed E-state index contributed by atoms with van der Waals surface area (Å²) in [5, 5.41) is 9.04.